The predicted octanol–water partition coefficient (Wildman–Crippen LogP) is 5.39. The molecule has 0 aliphatic heterocycles. The molecule has 6 atom stereocenters. The summed E-state index contributed by atoms with van der Waals surface area (Å²) in [5.41, 5.74) is 0.875. The third-order valence-electron chi connectivity index (χ3n) is 8.87. The molecule has 0 bridgehead atoms. The van der Waals surface area contributed by atoms with Gasteiger partial charge in [-0.1, -0.05) is 33.6 Å². The van der Waals surface area contributed by atoms with Crippen LogP contribution in [-0.4, -0.2) is 16.7 Å². The molecule has 26 heavy (non-hydrogen) atoms. The van der Waals surface area contributed by atoms with Crippen molar-refractivity contribution in [3.05, 3.63) is 11.3 Å². The Labute approximate surface area is 157 Å². The van der Waals surface area contributed by atoms with E-state index in [2.05, 4.69) is 20.8 Å². The lowest BCUT2D eigenvalue weighted by molar-refractivity contribution is -0.133. The van der Waals surface area contributed by atoms with Crippen LogP contribution in [0.15, 0.2) is 11.3 Å². The van der Waals surface area contributed by atoms with Gasteiger partial charge in [0.2, 0.25) is 0 Å². The molecule has 0 heterocycles. The fraction of sp³-hybridized carbons (Fsp3) is 0.826. The van der Waals surface area contributed by atoms with Gasteiger partial charge in [-0.05, 0) is 73.2 Å². The standard InChI is InChI=1S/C23H34O3/c1-4-5-6-14-13-19(25)23(3)11-9-16-15(20(14)23)7-8-17-21(26)18(24)10-12-22(16,17)2/h14-16,20,26H,4-13H2,1-3H3/t14-,15+,16-,20-,22+,23+/m0/s1. The van der Waals surface area contributed by atoms with Gasteiger partial charge in [-0.25, -0.2) is 0 Å². The van der Waals surface area contributed by atoms with Gasteiger partial charge in [0.05, 0.1) is 0 Å². The topological polar surface area (TPSA) is 54.4 Å². The number of allylic oxidation sites excluding steroid dienone is 1. The lowest BCUT2D eigenvalue weighted by atomic mass is 9.46. The monoisotopic (exact) mass is 358 g/mol. The first-order chi connectivity index (χ1) is 12.3. The van der Waals surface area contributed by atoms with E-state index in [0.717, 1.165) is 44.1 Å². The number of hydrogen-bond donors (Lipinski definition) is 1. The van der Waals surface area contributed by atoms with Crippen LogP contribution >= 0.6 is 0 Å². The van der Waals surface area contributed by atoms with Gasteiger partial charge >= 0.3 is 0 Å². The number of unbranched alkanes of at least 4 members (excludes halogenated alkanes) is 1. The summed E-state index contributed by atoms with van der Waals surface area (Å²) < 4.78 is 0. The Morgan fingerprint density at radius 3 is 2.58 bits per heavy atom. The maximum atomic E-state index is 12.9. The van der Waals surface area contributed by atoms with Crippen LogP contribution in [0.5, 0.6) is 0 Å². The highest BCUT2D eigenvalue weighted by atomic mass is 16.3. The van der Waals surface area contributed by atoms with E-state index in [1.165, 1.54) is 19.3 Å². The molecular formula is C23H34O3. The van der Waals surface area contributed by atoms with E-state index in [-0.39, 0.29) is 22.4 Å². The van der Waals surface area contributed by atoms with E-state index in [0.29, 0.717) is 35.9 Å². The molecule has 144 valence electrons. The molecular weight excluding hydrogens is 324 g/mol. The lowest BCUT2D eigenvalue weighted by Crippen LogP contribution is -2.52. The van der Waals surface area contributed by atoms with Crippen molar-refractivity contribution in [2.75, 3.05) is 0 Å². The number of ketones is 2. The molecule has 0 unspecified atom stereocenters. The molecule has 0 saturated heterocycles. The summed E-state index contributed by atoms with van der Waals surface area (Å²) >= 11 is 0. The van der Waals surface area contributed by atoms with Gasteiger partial charge in [-0.15, -0.1) is 0 Å². The fourth-order valence-electron chi connectivity index (χ4n) is 7.48. The largest absolute Gasteiger partial charge is 0.504 e. The van der Waals surface area contributed by atoms with E-state index in [4.69, 9.17) is 0 Å². The molecule has 3 nitrogen and oxygen atoms in total. The molecule has 3 saturated carbocycles. The SMILES string of the molecule is CCCC[C@H]1CC(=O)[C@@]2(C)CC[C@H]3[C@@H](CCC4=C(O)C(=O)CC[C@@]43C)[C@H]12. The second-order valence-electron chi connectivity index (χ2n) is 9.99. The molecule has 0 aromatic rings. The number of carbonyl (C=O) groups is 2. The first kappa shape index (κ1) is 18.3. The molecule has 0 amide bonds. The smallest absolute Gasteiger partial charge is 0.197 e. The van der Waals surface area contributed by atoms with Gasteiger partial charge in [-0.3, -0.25) is 9.59 Å². The van der Waals surface area contributed by atoms with Crippen LogP contribution in [0, 0.1) is 34.5 Å². The number of rotatable bonds is 3. The highest BCUT2D eigenvalue weighted by Crippen LogP contribution is 2.66. The zero-order chi connectivity index (χ0) is 18.7. The third kappa shape index (κ3) is 2.38. The molecule has 4 aliphatic rings. The molecule has 4 rings (SSSR count). The Kier molecular flexibility index (Phi) is 4.36. The Balaban J connectivity index is 1.70. The molecule has 0 spiro atoms. The van der Waals surface area contributed by atoms with Crippen molar-refractivity contribution in [3.8, 4) is 0 Å². The van der Waals surface area contributed by atoms with Gasteiger partial charge in [0.15, 0.2) is 11.5 Å². The van der Waals surface area contributed by atoms with E-state index in [9.17, 15) is 14.7 Å². The summed E-state index contributed by atoms with van der Waals surface area (Å²) in [7, 11) is 0. The van der Waals surface area contributed by atoms with E-state index >= 15 is 0 Å². The van der Waals surface area contributed by atoms with Crippen molar-refractivity contribution >= 4 is 11.6 Å². The van der Waals surface area contributed by atoms with Gasteiger partial charge < -0.3 is 5.11 Å². The van der Waals surface area contributed by atoms with Crippen LogP contribution in [0.4, 0.5) is 0 Å². The molecule has 0 aromatic heterocycles. The average molecular weight is 359 g/mol. The van der Waals surface area contributed by atoms with Gasteiger partial charge in [0, 0.05) is 18.3 Å². The summed E-state index contributed by atoms with van der Waals surface area (Å²) in [5, 5.41) is 10.5. The summed E-state index contributed by atoms with van der Waals surface area (Å²) in [4.78, 5) is 25.0. The number of carbonyl (C=O) groups excluding carboxylic acids is 2. The Morgan fingerprint density at radius 2 is 1.85 bits per heavy atom. The van der Waals surface area contributed by atoms with Gasteiger partial charge in [0.1, 0.15) is 5.78 Å². The first-order valence-electron chi connectivity index (χ1n) is 10.8. The highest BCUT2D eigenvalue weighted by Gasteiger charge is 2.62. The zero-order valence-corrected chi connectivity index (χ0v) is 16.6. The van der Waals surface area contributed by atoms with Crippen LogP contribution < -0.4 is 0 Å². The number of fused-ring (bicyclic) bond motifs is 5. The van der Waals surface area contributed by atoms with Crippen LogP contribution in [0.25, 0.3) is 0 Å². The quantitative estimate of drug-likeness (QED) is 0.736. The zero-order valence-electron chi connectivity index (χ0n) is 16.6. The molecule has 1 N–H and O–H groups in total. The first-order valence-corrected chi connectivity index (χ1v) is 10.8. The Bertz CT molecular complexity index is 662. The Morgan fingerprint density at radius 1 is 1.08 bits per heavy atom. The van der Waals surface area contributed by atoms with Crippen molar-refractivity contribution in [2.45, 2.75) is 85.0 Å². The number of aliphatic hydroxyl groups is 1. The average Bonchev–Trinajstić information content (AvgIpc) is 2.87. The van der Waals surface area contributed by atoms with Crippen molar-refractivity contribution in [3.63, 3.8) is 0 Å². The van der Waals surface area contributed by atoms with Crippen molar-refractivity contribution < 1.29 is 14.7 Å². The third-order valence-corrected chi connectivity index (χ3v) is 8.87. The van der Waals surface area contributed by atoms with Crippen LogP contribution in [0.2, 0.25) is 0 Å². The second-order valence-corrected chi connectivity index (χ2v) is 9.99. The lowest BCUT2D eigenvalue weighted by Gasteiger charge is -2.57. The molecule has 0 aromatic carbocycles. The predicted molar refractivity (Wildman–Crippen MR) is 102 cm³/mol. The molecule has 3 fully saturated rings. The number of hydrogen-bond acceptors (Lipinski definition) is 3. The summed E-state index contributed by atoms with van der Waals surface area (Å²) in [6.45, 7) is 6.78. The minimum atomic E-state index is -0.121. The molecule has 3 heteroatoms. The minimum Gasteiger partial charge on any atom is -0.504 e. The van der Waals surface area contributed by atoms with Gasteiger partial charge in [-0.2, -0.15) is 0 Å². The summed E-state index contributed by atoms with van der Waals surface area (Å²) in [5.74, 6) is 2.69. The van der Waals surface area contributed by atoms with Crippen LogP contribution in [-0.2, 0) is 9.59 Å². The van der Waals surface area contributed by atoms with E-state index in [1.54, 1.807) is 0 Å². The normalized spacial score (nSPS) is 45.3. The van der Waals surface area contributed by atoms with Crippen molar-refractivity contribution in [2.24, 2.45) is 34.5 Å². The molecule has 0 radical (unpaired) electrons. The second kappa shape index (κ2) is 6.21. The summed E-state index contributed by atoms with van der Waals surface area (Å²) in [6, 6.07) is 0. The van der Waals surface area contributed by atoms with Crippen LogP contribution in [0.1, 0.15) is 85.0 Å². The van der Waals surface area contributed by atoms with E-state index in [1.807, 2.05) is 0 Å². The number of aliphatic hydroxyl groups excluding tert-OH is 1. The van der Waals surface area contributed by atoms with E-state index < -0.39 is 0 Å². The van der Waals surface area contributed by atoms with Crippen LogP contribution in [0.3, 0.4) is 0 Å². The minimum absolute atomic E-state index is 0.0385. The maximum Gasteiger partial charge on any atom is 0.197 e. The number of Topliss-reactive ketones (excluding diaryl/α,β-unsaturated/α-hetero) is 2. The highest BCUT2D eigenvalue weighted by molar-refractivity contribution is 5.95. The Hall–Kier alpha value is -1.12. The fourth-order valence-corrected chi connectivity index (χ4v) is 7.48. The van der Waals surface area contributed by atoms with Crippen molar-refractivity contribution in [1.82, 2.24) is 0 Å². The van der Waals surface area contributed by atoms with Gasteiger partial charge in [0.25, 0.3) is 0 Å². The van der Waals surface area contributed by atoms with Crippen molar-refractivity contribution in [1.29, 1.82) is 0 Å². The molecule has 4 aliphatic carbocycles. The summed E-state index contributed by atoms with van der Waals surface area (Å²) in [6.07, 6.45) is 9.71. The maximum absolute atomic E-state index is 12.9.